The zero-order valence-electron chi connectivity index (χ0n) is 13.9. The van der Waals surface area contributed by atoms with Crippen molar-refractivity contribution in [2.45, 2.75) is 52.0 Å². The molecule has 132 valence electrons. The summed E-state index contributed by atoms with van der Waals surface area (Å²) in [5.74, 6) is 0.0361. The first-order chi connectivity index (χ1) is 10.6. The third kappa shape index (κ3) is 8.45. The van der Waals surface area contributed by atoms with Crippen LogP contribution in [0.1, 0.15) is 44.7 Å². The van der Waals surface area contributed by atoms with Crippen LogP contribution in [0, 0.1) is 0 Å². The van der Waals surface area contributed by atoms with E-state index in [0.29, 0.717) is 12.0 Å². The molecule has 0 fully saturated rings. The predicted octanol–water partition coefficient (Wildman–Crippen LogP) is 1.73. The van der Waals surface area contributed by atoms with Gasteiger partial charge in [0.25, 0.3) is 0 Å². The van der Waals surface area contributed by atoms with Crippen molar-refractivity contribution in [1.29, 1.82) is 0 Å². The first-order valence-corrected chi connectivity index (χ1v) is 11.0. The van der Waals surface area contributed by atoms with Gasteiger partial charge in [0.05, 0.1) is 11.5 Å². The third-order valence-electron chi connectivity index (χ3n) is 3.06. The zero-order valence-corrected chi connectivity index (χ0v) is 15.5. The Hall–Kier alpha value is -0.960. The van der Waals surface area contributed by atoms with E-state index in [2.05, 4.69) is 9.44 Å². The fourth-order valence-electron chi connectivity index (χ4n) is 1.97. The van der Waals surface area contributed by atoms with Gasteiger partial charge in [0.1, 0.15) is 0 Å². The summed E-state index contributed by atoms with van der Waals surface area (Å²) in [6, 6.07) is 6.74. The minimum absolute atomic E-state index is 0.0896. The van der Waals surface area contributed by atoms with Gasteiger partial charge in [-0.05, 0) is 31.4 Å². The lowest BCUT2D eigenvalue weighted by Crippen LogP contribution is -2.31. The minimum atomic E-state index is -3.35. The van der Waals surface area contributed by atoms with E-state index in [1.165, 1.54) is 0 Å². The molecule has 6 nitrogen and oxygen atoms in total. The van der Waals surface area contributed by atoms with Crippen LogP contribution in [-0.4, -0.2) is 28.6 Å². The van der Waals surface area contributed by atoms with E-state index in [0.717, 1.165) is 12.0 Å². The minimum Gasteiger partial charge on any atom is -0.212 e. The number of hydrogen-bond donors (Lipinski definition) is 2. The molecule has 0 atom stereocenters. The Balaban J connectivity index is 2.60. The number of nitrogens with one attached hydrogen (secondary N) is 2. The smallest absolute Gasteiger partial charge is 0.212 e. The normalized spacial score (nSPS) is 12.7. The summed E-state index contributed by atoms with van der Waals surface area (Å²) in [4.78, 5) is 0. The molecule has 1 aromatic carbocycles. The number of rotatable bonds is 10. The highest BCUT2D eigenvalue weighted by Crippen LogP contribution is 2.09. The first kappa shape index (κ1) is 20.1. The molecule has 0 saturated carbocycles. The SMILES string of the molecule is CCCCS(=O)(=O)NCc1ccc(CS(=O)(=O)NC(C)C)cc1. The van der Waals surface area contributed by atoms with Crippen LogP contribution in [0.25, 0.3) is 0 Å². The van der Waals surface area contributed by atoms with Gasteiger partial charge in [-0.1, -0.05) is 37.6 Å². The zero-order chi connectivity index (χ0) is 17.5. The van der Waals surface area contributed by atoms with Crippen LogP contribution in [0.15, 0.2) is 24.3 Å². The van der Waals surface area contributed by atoms with Crippen molar-refractivity contribution in [3.63, 3.8) is 0 Å². The van der Waals surface area contributed by atoms with E-state index in [1.54, 1.807) is 38.1 Å². The van der Waals surface area contributed by atoms with Crippen molar-refractivity contribution in [3.8, 4) is 0 Å². The Morgan fingerprint density at radius 1 is 0.957 bits per heavy atom. The highest BCUT2D eigenvalue weighted by molar-refractivity contribution is 7.89. The maximum atomic E-state index is 11.9. The van der Waals surface area contributed by atoms with Crippen LogP contribution in [0.2, 0.25) is 0 Å². The Labute approximate surface area is 139 Å². The molecule has 0 aromatic heterocycles. The summed E-state index contributed by atoms with van der Waals surface area (Å²) in [5.41, 5.74) is 1.46. The molecule has 23 heavy (non-hydrogen) atoms. The van der Waals surface area contributed by atoms with Crippen molar-refractivity contribution in [2.24, 2.45) is 0 Å². The summed E-state index contributed by atoms with van der Waals surface area (Å²) >= 11 is 0. The monoisotopic (exact) mass is 362 g/mol. The quantitative estimate of drug-likeness (QED) is 0.663. The average Bonchev–Trinajstić information content (AvgIpc) is 2.43. The van der Waals surface area contributed by atoms with Crippen LogP contribution in [0.3, 0.4) is 0 Å². The molecule has 0 aliphatic heterocycles. The van der Waals surface area contributed by atoms with E-state index in [9.17, 15) is 16.8 Å². The van der Waals surface area contributed by atoms with E-state index in [4.69, 9.17) is 0 Å². The molecule has 0 spiro atoms. The van der Waals surface area contributed by atoms with Gasteiger partial charge in [0.15, 0.2) is 0 Å². The maximum Gasteiger partial charge on any atom is 0.216 e. The highest BCUT2D eigenvalue weighted by atomic mass is 32.2. The topological polar surface area (TPSA) is 92.3 Å². The number of benzene rings is 1. The lowest BCUT2D eigenvalue weighted by molar-refractivity contribution is 0.569. The van der Waals surface area contributed by atoms with Gasteiger partial charge in [-0.2, -0.15) is 0 Å². The van der Waals surface area contributed by atoms with Gasteiger partial charge in [-0.25, -0.2) is 26.3 Å². The molecule has 0 aliphatic rings. The molecule has 1 aromatic rings. The van der Waals surface area contributed by atoms with E-state index in [1.807, 2.05) is 6.92 Å². The summed E-state index contributed by atoms with van der Waals surface area (Å²) < 4.78 is 52.2. The number of sulfonamides is 2. The Morgan fingerprint density at radius 2 is 1.52 bits per heavy atom. The van der Waals surface area contributed by atoms with Crippen LogP contribution >= 0.6 is 0 Å². The molecule has 2 N–H and O–H groups in total. The van der Waals surface area contributed by atoms with Crippen molar-refractivity contribution in [1.82, 2.24) is 9.44 Å². The van der Waals surface area contributed by atoms with E-state index in [-0.39, 0.29) is 24.1 Å². The van der Waals surface area contributed by atoms with E-state index < -0.39 is 20.0 Å². The summed E-state index contributed by atoms with van der Waals surface area (Å²) in [6.45, 7) is 5.69. The van der Waals surface area contributed by atoms with Gasteiger partial charge >= 0.3 is 0 Å². The Morgan fingerprint density at radius 3 is 2.04 bits per heavy atom. The molecule has 0 aliphatic carbocycles. The summed E-state index contributed by atoms with van der Waals surface area (Å²) in [5, 5.41) is 0. The Kier molecular flexibility index (Phi) is 7.66. The van der Waals surface area contributed by atoms with Crippen LogP contribution < -0.4 is 9.44 Å². The fourth-order valence-corrected chi connectivity index (χ4v) is 4.61. The fraction of sp³-hybridized carbons (Fsp3) is 0.600. The van der Waals surface area contributed by atoms with Crippen LogP contribution in [0.4, 0.5) is 0 Å². The number of unbranched alkanes of at least 4 members (excludes halogenated alkanes) is 1. The average molecular weight is 363 g/mol. The highest BCUT2D eigenvalue weighted by Gasteiger charge is 2.13. The molecule has 0 saturated heterocycles. The molecule has 8 heteroatoms. The summed E-state index contributed by atoms with van der Waals surface area (Å²) in [7, 11) is -6.60. The molecule has 0 heterocycles. The molecule has 1 rings (SSSR count). The van der Waals surface area contributed by atoms with Crippen molar-refractivity contribution in [2.75, 3.05) is 5.75 Å². The largest absolute Gasteiger partial charge is 0.216 e. The number of hydrogen-bond acceptors (Lipinski definition) is 4. The van der Waals surface area contributed by atoms with Gasteiger partial charge in [-0.15, -0.1) is 0 Å². The first-order valence-electron chi connectivity index (χ1n) is 7.68. The standard InChI is InChI=1S/C15H26N2O4S2/c1-4-5-10-22(18,19)16-11-14-6-8-15(9-7-14)12-23(20,21)17-13(2)3/h6-9,13,16-17H,4-5,10-12H2,1-3H3. The molecular weight excluding hydrogens is 336 g/mol. The van der Waals surface area contributed by atoms with Crippen molar-refractivity contribution in [3.05, 3.63) is 35.4 Å². The molecule has 0 radical (unpaired) electrons. The third-order valence-corrected chi connectivity index (χ3v) is 6.01. The second kappa shape index (κ2) is 8.77. The van der Waals surface area contributed by atoms with Gasteiger partial charge in [-0.3, -0.25) is 0 Å². The van der Waals surface area contributed by atoms with Crippen LogP contribution in [0.5, 0.6) is 0 Å². The Bertz CT molecular complexity index is 681. The second-order valence-electron chi connectivity index (χ2n) is 5.84. The predicted molar refractivity (Wildman–Crippen MR) is 92.9 cm³/mol. The van der Waals surface area contributed by atoms with Gasteiger partial charge < -0.3 is 0 Å². The van der Waals surface area contributed by atoms with Gasteiger partial charge in [0.2, 0.25) is 20.0 Å². The van der Waals surface area contributed by atoms with E-state index >= 15 is 0 Å². The molecular formula is C15H26N2O4S2. The molecule has 0 amide bonds. The van der Waals surface area contributed by atoms with Gasteiger partial charge in [0, 0.05) is 12.6 Å². The lowest BCUT2D eigenvalue weighted by Gasteiger charge is -2.10. The maximum absolute atomic E-state index is 11.9. The summed E-state index contributed by atoms with van der Waals surface area (Å²) in [6.07, 6.45) is 1.46. The molecule has 0 bridgehead atoms. The van der Waals surface area contributed by atoms with Crippen molar-refractivity contribution >= 4 is 20.0 Å². The van der Waals surface area contributed by atoms with Crippen molar-refractivity contribution < 1.29 is 16.8 Å². The van der Waals surface area contributed by atoms with Crippen LogP contribution in [-0.2, 0) is 32.3 Å². The lowest BCUT2D eigenvalue weighted by atomic mass is 10.1. The molecule has 0 unspecified atom stereocenters. The second-order valence-corrected chi connectivity index (χ2v) is 9.52.